The molecule has 124 valence electrons. The molecular weight excluding hydrogens is 296 g/mol. The first-order valence-electron chi connectivity index (χ1n) is 7.85. The van der Waals surface area contributed by atoms with E-state index in [4.69, 9.17) is 9.15 Å². The van der Waals surface area contributed by atoms with Gasteiger partial charge in [-0.1, -0.05) is 0 Å². The van der Waals surface area contributed by atoms with E-state index in [0.29, 0.717) is 19.7 Å². The van der Waals surface area contributed by atoms with Crippen LogP contribution in [0.25, 0.3) is 0 Å². The summed E-state index contributed by atoms with van der Waals surface area (Å²) in [4.78, 5) is 14.5. The van der Waals surface area contributed by atoms with Crippen molar-refractivity contribution in [2.75, 3.05) is 19.7 Å². The van der Waals surface area contributed by atoms with Crippen LogP contribution in [0.2, 0.25) is 0 Å². The summed E-state index contributed by atoms with van der Waals surface area (Å²) < 4.78 is 12.9. The molecule has 7 heteroatoms. The van der Waals surface area contributed by atoms with Crippen LogP contribution < -0.4 is 5.32 Å². The molecule has 0 saturated carbocycles. The number of carbonyl (C=O) groups excluding carboxylic acids is 1. The fraction of sp³-hybridized carbons (Fsp3) is 0.500. The third-order valence-corrected chi connectivity index (χ3v) is 4.06. The van der Waals surface area contributed by atoms with Crippen LogP contribution in [0.3, 0.4) is 0 Å². The number of hydrogen-bond acceptors (Lipinski definition) is 5. The Labute approximate surface area is 135 Å². The van der Waals surface area contributed by atoms with Crippen LogP contribution in [-0.2, 0) is 22.6 Å². The van der Waals surface area contributed by atoms with E-state index in [9.17, 15) is 4.79 Å². The van der Waals surface area contributed by atoms with Crippen molar-refractivity contribution in [2.24, 2.45) is 0 Å². The van der Waals surface area contributed by atoms with Crippen LogP contribution in [0.4, 0.5) is 0 Å². The smallest absolute Gasteiger partial charge is 0.237 e. The van der Waals surface area contributed by atoms with Gasteiger partial charge in [-0.2, -0.15) is 5.10 Å². The normalized spacial score (nSPS) is 20.3. The van der Waals surface area contributed by atoms with E-state index in [1.54, 1.807) is 12.5 Å². The molecule has 1 fully saturated rings. The van der Waals surface area contributed by atoms with Crippen LogP contribution in [0.15, 0.2) is 41.3 Å². The lowest BCUT2D eigenvalue weighted by molar-refractivity contribution is -0.129. The molecule has 23 heavy (non-hydrogen) atoms. The summed E-state index contributed by atoms with van der Waals surface area (Å²) in [5, 5.41) is 7.11. The highest BCUT2D eigenvalue weighted by Gasteiger charge is 2.28. The maximum Gasteiger partial charge on any atom is 0.237 e. The summed E-state index contributed by atoms with van der Waals surface area (Å²) >= 11 is 0. The van der Waals surface area contributed by atoms with Gasteiger partial charge in [0.1, 0.15) is 5.76 Å². The Morgan fingerprint density at radius 1 is 1.52 bits per heavy atom. The van der Waals surface area contributed by atoms with E-state index in [1.807, 2.05) is 36.0 Å². The Morgan fingerprint density at radius 3 is 3.17 bits per heavy atom. The SMILES string of the molecule is C[C@@H](C(=O)NCc1ccco1)N1CCO[C@H](Cn2cccn2)C1. The van der Waals surface area contributed by atoms with E-state index in [1.165, 1.54) is 0 Å². The zero-order valence-electron chi connectivity index (χ0n) is 13.2. The molecule has 1 aliphatic rings. The summed E-state index contributed by atoms with van der Waals surface area (Å²) in [6.07, 6.45) is 5.32. The molecule has 0 spiro atoms. The Kier molecular flexibility index (Phi) is 5.09. The molecule has 0 aliphatic carbocycles. The maximum atomic E-state index is 12.3. The molecule has 2 aromatic heterocycles. The van der Waals surface area contributed by atoms with E-state index < -0.39 is 0 Å². The standard InChI is InChI=1S/C16H22N4O3/c1-13(16(21)17-10-14-4-2-8-22-14)19-7-9-23-15(11-19)12-20-6-3-5-18-20/h2-6,8,13,15H,7,9-12H2,1H3,(H,17,21)/t13-,15-/m0/s1. The molecule has 0 unspecified atom stereocenters. The molecule has 7 nitrogen and oxygen atoms in total. The predicted molar refractivity (Wildman–Crippen MR) is 83.6 cm³/mol. The first-order valence-corrected chi connectivity index (χ1v) is 7.85. The van der Waals surface area contributed by atoms with Crippen LogP contribution in [0.5, 0.6) is 0 Å². The summed E-state index contributed by atoms with van der Waals surface area (Å²) in [6, 6.07) is 5.35. The van der Waals surface area contributed by atoms with Crippen molar-refractivity contribution in [3.8, 4) is 0 Å². The first-order chi connectivity index (χ1) is 11.2. The monoisotopic (exact) mass is 318 g/mol. The van der Waals surface area contributed by atoms with Crippen molar-refractivity contribution in [2.45, 2.75) is 32.2 Å². The number of morpholine rings is 1. The molecule has 0 bridgehead atoms. The summed E-state index contributed by atoms with van der Waals surface area (Å²) in [5.74, 6) is 0.755. The largest absolute Gasteiger partial charge is 0.467 e. The predicted octanol–water partition coefficient (Wildman–Crippen LogP) is 0.882. The summed E-state index contributed by atoms with van der Waals surface area (Å²) in [7, 11) is 0. The lowest BCUT2D eigenvalue weighted by atomic mass is 10.2. The van der Waals surface area contributed by atoms with Crippen molar-refractivity contribution in [3.63, 3.8) is 0 Å². The van der Waals surface area contributed by atoms with E-state index in [2.05, 4.69) is 15.3 Å². The zero-order chi connectivity index (χ0) is 16.1. The van der Waals surface area contributed by atoms with Crippen molar-refractivity contribution in [3.05, 3.63) is 42.6 Å². The van der Waals surface area contributed by atoms with Crippen LogP contribution in [-0.4, -0.2) is 52.4 Å². The minimum Gasteiger partial charge on any atom is -0.467 e. The number of hydrogen-bond donors (Lipinski definition) is 1. The van der Waals surface area contributed by atoms with Crippen LogP contribution in [0, 0.1) is 0 Å². The molecule has 3 rings (SSSR count). The first kappa shape index (κ1) is 15.8. The zero-order valence-corrected chi connectivity index (χ0v) is 13.2. The lowest BCUT2D eigenvalue weighted by Gasteiger charge is -2.36. The van der Waals surface area contributed by atoms with Gasteiger partial charge in [-0.3, -0.25) is 14.4 Å². The van der Waals surface area contributed by atoms with E-state index in [0.717, 1.165) is 18.8 Å². The highest BCUT2D eigenvalue weighted by atomic mass is 16.5. The molecule has 2 atom stereocenters. The highest BCUT2D eigenvalue weighted by molar-refractivity contribution is 5.81. The molecule has 1 saturated heterocycles. The average Bonchev–Trinajstić information content (AvgIpc) is 3.25. The molecule has 0 aromatic carbocycles. The van der Waals surface area contributed by atoms with Gasteiger partial charge in [0.2, 0.25) is 5.91 Å². The summed E-state index contributed by atoms with van der Waals surface area (Å²) in [6.45, 7) is 5.14. The van der Waals surface area contributed by atoms with Gasteiger partial charge < -0.3 is 14.5 Å². The number of rotatable bonds is 6. The maximum absolute atomic E-state index is 12.3. The number of aromatic nitrogens is 2. The van der Waals surface area contributed by atoms with Crippen LogP contribution >= 0.6 is 0 Å². The minimum absolute atomic E-state index is 0.00105. The molecule has 0 radical (unpaired) electrons. The van der Waals surface area contributed by atoms with Crippen molar-refractivity contribution >= 4 is 5.91 Å². The minimum atomic E-state index is -0.200. The summed E-state index contributed by atoms with van der Waals surface area (Å²) in [5.41, 5.74) is 0. The van der Waals surface area contributed by atoms with Crippen molar-refractivity contribution in [1.82, 2.24) is 20.0 Å². The molecule has 1 amide bonds. The molecule has 1 N–H and O–H groups in total. The molecule has 3 heterocycles. The second-order valence-electron chi connectivity index (χ2n) is 5.69. The second kappa shape index (κ2) is 7.43. The number of nitrogens with zero attached hydrogens (tertiary/aromatic N) is 3. The average molecular weight is 318 g/mol. The molecular formula is C16H22N4O3. The second-order valence-corrected chi connectivity index (χ2v) is 5.69. The lowest BCUT2D eigenvalue weighted by Crippen LogP contribution is -2.52. The molecule has 2 aromatic rings. The van der Waals surface area contributed by atoms with Gasteiger partial charge in [0, 0.05) is 25.5 Å². The Bertz CT molecular complexity index is 597. The number of carbonyl (C=O) groups is 1. The third kappa shape index (κ3) is 4.20. The Morgan fingerprint density at radius 2 is 2.43 bits per heavy atom. The van der Waals surface area contributed by atoms with Gasteiger partial charge in [-0.05, 0) is 25.1 Å². The molecule has 1 aliphatic heterocycles. The van der Waals surface area contributed by atoms with E-state index in [-0.39, 0.29) is 18.1 Å². The Hall–Kier alpha value is -2.12. The quantitative estimate of drug-likeness (QED) is 0.856. The highest BCUT2D eigenvalue weighted by Crippen LogP contribution is 2.11. The van der Waals surface area contributed by atoms with Crippen molar-refractivity contribution < 1.29 is 13.9 Å². The van der Waals surface area contributed by atoms with Crippen LogP contribution in [0.1, 0.15) is 12.7 Å². The van der Waals surface area contributed by atoms with Gasteiger partial charge >= 0.3 is 0 Å². The fourth-order valence-electron chi connectivity index (χ4n) is 2.72. The fourth-order valence-corrected chi connectivity index (χ4v) is 2.72. The van der Waals surface area contributed by atoms with Gasteiger partial charge in [-0.15, -0.1) is 0 Å². The number of amides is 1. The van der Waals surface area contributed by atoms with Gasteiger partial charge in [0.05, 0.1) is 38.1 Å². The van der Waals surface area contributed by atoms with Gasteiger partial charge in [0.25, 0.3) is 0 Å². The van der Waals surface area contributed by atoms with Gasteiger partial charge in [0.15, 0.2) is 0 Å². The van der Waals surface area contributed by atoms with Gasteiger partial charge in [-0.25, -0.2) is 0 Å². The third-order valence-electron chi connectivity index (χ3n) is 4.06. The van der Waals surface area contributed by atoms with E-state index >= 15 is 0 Å². The number of nitrogens with one attached hydrogen (secondary N) is 1. The topological polar surface area (TPSA) is 72.5 Å². The Balaban J connectivity index is 1.49. The van der Waals surface area contributed by atoms with Crippen molar-refractivity contribution in [1.29, 1.82) is 0 Å². The number of furan rings is 1. The number of ether oxygens (including phenoxy) is 1.